The van der Waals surface area contributed by atoms with Gasteiger partial charge < -0.3 is 20.1 Å². The number of pyridine rings is 1. The van der Waals surface area contributed by atoms with Gasteiger partial charge in [0.2, 0.25) is 5.91 Å². The minimum absolute atomic E-state index is 0. The average molecular weight is 410 g/mol. The molecule has 0 aromatic carbocycles. The zero-order chi connectivity index (χ0) is 18.4. The number of carbonyl (C=O) groups excluding carboxylic acids is 1. The molecule has 2 aromatic heterocycles. The summed E-state index contributed by atoms with van der Waals surface area (Å²) in [5, 5.41) is 3.13. The zero-order valence-corrected chi connectivity index (χ0v) is 18.1. The topological polar surface area (TPSA) is 68.2 Å². The van der Waals surface area contributed by atoms with Gasteiger partial charge in [0.25, 0.3) is 0 Å². The van der Waals surface area contributed by atoms with E-state index >= 15 is 0 Å². The second kappa shape index (κ2) is 12.1. The van der Waals surface area contributed by atoms with Crippen LogP contribution >= 0.6 is 12.4 Å². The molecule has 158 valence electrons. The number of nitrogens with zero attached hydrogens (tertiary/aromatic N) is 2. The lowest BCUT2D eigenvalue weighted by atomic mass is 9.93. The molecule has 0 saturated heterocycles. The quantitative estimate of drug-likeness (QED) is 0.646. The van der Waals surface area contributed by atoms with Gasteiger partial charge in [-0.25, -0.2) is 0 Å². The number of amides is 1. The SMILES string of the molecule is CN(C)CCCCCC(=O)NCCc1c2c(n3ccccc13)CCCC2.Cl.O. The van der Waals surface area contributed by atoms with Crippen molar-refractivity contribution in [1.29, 1.82) is 0 Å². The van der Waals surface area contributed by atoms with Crippen LogP contribution in [0.2, 0.25) is 0 Å². The summed E-state index contributed by atoms with van der Waals surface area (Å²) in [5.74, 6) is 0.201. The van der Waals surface area contributed by atoms with Crippen LogP contribution in [0.5, 0.6) is 0 Å². The third-order valence-corrected chi connectivity index (χ3v) is 5.47. The van der Waals surface area contributed by atoms with Crippen LogP contribution in [-0.4, -0.2) is 47.9 Å². The monoisotopic (exact) mass is 409 g/mol. The van der Waals surface area contributed by atoms with Gasteiger partial charge in [-0.3, -0.25) is 4.79 Å². The Morgan fingerprint density at radius 2 is 1.93 bits per heavy atom. The number of hydrogen-bond acceptors (Lipinski definition) is 2. The maximum atomic E-state index is 12.1. The summed E-state index contributed by atoms with van der Waals surface area (Å²) in [4.78, 5) is 14.3. The molecule has 1 amide bonds. The summed E-state index contributed by atoms with van der Waals surface area (Å²) < 4.78 is 2.37. The Labute approximate surface area is 175 Å². The van der Waals surface area contributed by atoms with Crippen molar-refractivity contribution in [2.24, 2.45) is 0 Å². The van der Waals surface area contributed by atoms with Crippen molar-refractivity contribution < 1.29 is 10.3 Å². The number of aryl methyl sites for hydroxylation is 1. The second-order valence-electron chi connectivity index (χ2n) is 7.78. The Kier molecular flexibility index (Phi) is 10.6. The summed E-state index contributed by atoms with van der Waals surface area (Å²) in [6.45, 7) is 1.85. The van der Waals surface area contributed by atoms with Crippen molar-refractivity contribution in [3.05, 3.63) is 41.2 Å². The van der Waals surface area contributed by atoms with E-state index in [0.717, 1.165) is 32.4 Å². The van der Waals surface area contributed by atoms with Crippen LogP contribution in [0.1, 0.15) is 55.3 Å². The first-order valence-corrected chi connectivity index (χ1v) is 10.2. The summed E-state index contributed by atoms with van der Waals surface area (Å²) in [5.41, 5.74) is 5.82. The number of aromatic nitrogens is 1. The Morgan fingerprint density at radius 1 is 1.14 bits per heavy atom. The van der Waals surface area contributed by atoms with E-state index in [1.807, 2.05) is 0 Å². The molecule has 3 rings (SSSR count). The van der Waals surface area contributed by atoms with Crippen molar-refractivity contribution in [3.8, 4) is 0 Å². The summed E-state index contributed by atoms with van der Waals surface area (Å²) >= 11 is 0. The molecule has 0 spiro atoms. The fourth-order valence-electron chi connectivity index (χ4n) is 4.14. The highest BCUT2D eigenvalue weighted by molar-refractivity contribution is 5.85. The summed E-state index contributed by atoms with van der Waals surface area (Å²) in [7, 11) is 4.19. The standard InChI is InChI=1S/C22H33N3O.ClH.H2O/c1-24(2)16-8-3-4-13-22(26)23-15-14-19-18-10-5-6-11-20(18)25-17-9-7-12-21(19)25;;/h7,9,12,17H,3-6,8,10-11,13-16H2,1-2H3,(H,23,26);1H;1H2. The Bertz CT molecular complexity index is 743. The molecule has 1 aliphatic rings. The van der Waals surface area contributed by atoms with E-state index in [2.05, 4.69) is 53.1 Å². The van der Waals surface area contributed by atoms with Crippen LogP contribution in [0.15, 0.2) is 24.4 Å². The van der Waals surface area contributed by atoms with Crippen LogP contribution in [0.3, 0.4) is 0 Å². The molecule has 0 unspecified atom stereocenters. The first-order valence-electron chi connectivity index (χ1n) is 10.2. The van der Waals surface area contributed by atoms with Crippen LogP contribution in [0.25, 0.3) is 5.52 Å². The number of nitrogens with one attached hydrogen (secondary N) is 1. The first kappa shape index (κ1) is 24.5. The molecule has 2 heterocycles. The number of carbonyl (C=O) groups is 1. The number of hydrogen-bond donors (Lipinski definition) is 1. The van der Waals surface area contributed by atoms with Gasteiger partial charge in [-0.05, 0) is 88.8 Å². The van der Waals surface area contributed by atoms with Gasteiger partial charge >= 0.3 is 0 Å². The van der Waals surface area contributed by atoms with E-state index < -0.39 is 0 Å². The second-order valence-corrected chi connectivity index (χ2v) is 7.78. The molecular weight excluding hydrogens is 374 g/mol. The Morgan fingerprint density at radius 3 is 2.71 bits per heavy atom. The van der Waals surface area contributed by atoms with E-state index in [0.29, 0.717) is 6.42 Å². The molecular formula is C22H36ClN3O2. The number of halogens is 1. The molecule has 5 nitrogen and oxygen atoms in total. The molecule has 0 saturated carbocycles. The van der Waals surface area contributed by atoms with Gasteiger partial charge in [0.05, 0.1) is 0 Å². The molecule has 0 fully saturated rings. The highest BCUT2D eigenvalue weighted by Gasteiger charge is 2.20. The normalized spacial score (nSPS) is 13.0. The molecule has 6 heteroatoms. The molecule has 1 aliphatic carbocycles. The minimum Gasteiger partial charge on any atom is -0.412 e. The van der Waals surface area contributed by atoms with Gasteiger partial charge in [-0.15, -0.1) is 12.4 Å². The number of rotatable bonds is 9. The van der Waals surface area contributed by atoms with Gasteiger partial charge in [0.1, 0.15) is 0 Å². The van der Waals surface area contributed by atoms with Gasteiger partial charge in [-0.2, -0.15) is 0 Å². The number of unbranched alkanes of at least 4 members (excludes halogenated alkanes) is 2. The van der Waals surface area contributed by atoms with Crippen molar-refractivity contribution in [1.82, 2.24) is 14.6 Å². The van der Waals surface area contributed by atoms with Crippen LogP contribution in [0.4, 0.5) is 0 Å². The molecule has 0 aliphatic heterocycles. The molecule has 3 N–H and O–H groups in total. The maximum Gasteiger partial charge on any atom is 0.220 e. The zero-order valence-electron chi connectivity index (χ0n) is 17.3. The van der Waals surface area contributed by atoms with Crippen LogP contribution in [-0.2, 0) is 24.1 Å². The molecule has 2 aromatic rings. The molecule has 0 atom stereocenters. The van der Waals surface area contributed by atoms with E-state index in [9.17, 15) is 4.79 Å². The Hall–Kier alpha value is -1.56. The number of fused-ring (bicyclic) bond motifs is 3. The first-order chi connectivity index (χ1) is 12.7. The lowest BCUT2D eigenvalue weighted by molar-refractivity contribution is -0.121. The maximum absolute atomic E-state index is 12.1. The van der Waals surface area contributed by atoms with Crippen molar-refractivity contribution in [2.75, 3.05) is 27.2 Å². The van der Waals surface area contributed by atoms with Crippen LogP contribution in [0, 0.1) is 0 Å². The highest BCUT2D eigenvalue weighted by atomic mass is 35.5. The summed E-state index contributed by atoms with van der Waals surface area (Å²) in [6.07, 6.45) is 12.0. The van der Waals surface area contributed by atoms with Gasteiger partial charge in [0.15, 0.2) is 0 Å². The smallest absolute Gasteiger partial charge is 0.220 e. The van der Waals surface area contributed by atoms with Crippen LogP contribution < -0.4 is 5.32 Å². The third kappa shape index (κ3) is 6.23. The lowest BCUT2D eigenvalue weighted by Crippen LogP contribution is -2.25. The van der Waals surface area contributed by atoms with E-state index in [4.69, 9.17) is 0 Å². The minimum atomic E-state index is 0. The molecule has 28 heavy (non-hydrogen) atoms. The third-order valence-electron chi connectivity index (χ3n) is 5.47. The largest absolute Gasteiger partial charge is 0.412 e. The Balaban J connectivity index is 0.00000196. The van der Waals surface area contributed by atoms with Crippen molar-refractivity contribution >= 4 is 23.8 Å². The molecule has 0 radical (unpaired) electrons. The average Bonchev–Trinajstić information content (AvgIpc) is 2.96. The van der Waals surface area contributed by atoms with E-state index in [1.165, 1.54) is 48.9 Å². The van der Waals surface area contributed by atoms with Crippen molar-refractivity contribution in [3.63, 3.8) is 0 Å². The van der Waals surface area contributed by atoms with E-state index in [-0.39, 0.29) is 23.8 Å². The van der Waals surface area contributed by atoms with Gasteiger partial charge in [-0.1, -0.05) is 12.5 Å². The predicted octanol–water partition coefficient (Wildman–Crippen LogP) is 3.20. The lowest BCUT2D eigenvalue weighted by Gasteiger charge is -2.13. The highest BCUT2D eigenvalue weighted by Crippen LogP contribution is 2.30. The fraction of sp³-hybridized carbons (Fsp3) is 0.591. The predicted molar refractivity (Wildman–Crippen MR) is 119 cm³/mol. The fourth-order valence-corrected chi connectivity index (χ4v) is 4.14. The summed E-state index contributed by atoms with van der Waals surface area (Å²) in [6, 6.07) is 6.46. The molecule has 0 bridgehead atoms. The van der Waals surface area contributed by atoms with Gasteiger partial charge in [0, 0.05) is 30.4 Å². The van der Waals surface area contributed by atoms with E-state index in [1.54, 1.807) is 5.56 Å². The van der Waals surface area contributed by atoms with Crippen molar-refractivity contribution in [2.45, 2.75) is 57.8 Å².